The van der Waals surface area contributed by atoms with E-state index in [1.54, 1.807) is 12.1 Å². The van der Waals surface area contributed by atoms with Crippen LogP contribution >= 0.6 is 15.9 Å². The minimum absolute atomic E-state index is 0.328. The molecule has 0 bridgehead atoms. The van der Waals surface area contributed by atoms with Gasteiger partial charge >= 0.3 is 5.97 Å². The SMILES string of the molecule is CCCC(Cc1ccc(F)c(Br)c1)C(=O)O. The topological polar surface area (TPSA) is 37.3 Å². The summed E-state index contributed by atoms with van der Waals surface area (Å²) in [6.07, 6.45) is 1.92. The summed E-state index contributed by atoms with van der Waals surface area (Å²) in [6, 6.07) is 4.62. The molecule has 0 aliphatic rings. The highest BCUT2D eigenvalue weighted by Crippen LogP contribution is 2.20. The van der Waals surface area contributed by atoms with Gasteiger partial charge in [-0.1, -0.05) is 19.4 Å². The molecule has 0 aliphatic heterocycles. The second-order valence-corrected chi connectivity index (χ2v) is 4.63. The molecule has 0 saturated heterocycles. The Balaban J connectivity index is 2.77. The lowest BCUT2D eigenvalue weighted by molar-refractivity contribution is -0.141. The summed E-state index contributed by atoms with van der Waals surface area (Å²) in [5, 5.41) is 9.00. The lowest BCUT2D eigenvalue weighted by atomic mass is 9.95. The number of hydrogen-bond donors (Lipinski definition) is 1. The van der Waals surface area contributed by atoms with Gasteiger partial charge in [0.15, 0.2) is 0 Å². The molecule has 0 amide bonds. The van der Waals surface area contributed by atoms with Gasteiger partial charge in [-0.05, 0) is 46.5 Å². The summed E-state index contributed by atoms with van der Waals surface area (Å²) in [4.78, 5) is 11.0. The number of carbonyl (C=O) groups is 1. The van der Waals surface area contributed by atoms with Gasteiger partial charge in [0, 0.05) is 0 Å². The van der Waals surface area contributed by atoms with Crippen LogP contribution in [0.4, 0.5) is 4.39 Å². The van der Waals surface area contributed by atoms with Gasteiger partial charge in [0.05, 0.1) is 10.4 Å². The van der Waals surface area contributed by atoms with E-state index in [0.717, 1.165) is 12.0 Å². The van der Waals surface area contributed by atoms with E-state index in [0.29, 0.717) is 17.3 Å². The Morgan fingerprint density at radius 1 is 1.56 bits per heavy atom. The normalized spacial score (nSPS) is 12.4. The van der Waals surface area contributed by atoms with Gasteiger partial charge in [-0.3, -0.25) is 4.79 Å². The zero-order chi connectivity index (χ0) is 12.1. The number of aliphatic carboxylic acids is 1. The fourth-order valence-electron chi connectivity index (χ4n) is 1.61. The van der Waals surface area contributed by atoms with Crippen molar-refractivity contribution in [3.8, 4) is 0 Å². The molecular formula is C12H14BrFO2. The van der Waals surface area contributed by atoms with Crippen LogP contribution in [0, 0.1) is 11.7 Å². The first-order chi connectivity index (χ1) is 7.54. The first kappa shape index (κ1) is 13.2. The first-order valence-electron chi connectivity index (χ1n) is 5.21. The summed E-state index contributed by atoms with van der Waals surface area (Å²) in [5.74, 6) is -1.50. The second kappa shape index (κ2) is 5.99. The molecule has 1 atom stereocenters. The molecule has 0 radical (unpaired) electrons. The molecule has 88 valence electrons. The Morgan fingerprint density at radius 2 is 2.25 bits per heavy atom. The maximum atomic E-state index is 13.0. The molecule has 1 rings (SSSR count). The molecule has 4 heteroatoms. The van der Waals surface area contributed by atoms with Crippen LogP contribution in [-0.4, -0.2) is 11.1 Å². The number of halogens is 2. The van der Waals surface area contributed by atoms with Crippen LogP contribution in [0.2, 0.25) is 0 Å². The van der Waals surface area contributed by atoms with Gasteiger partial charge in [-0.25, -0.2) is 4.39 Å². The number of benzene rings is 1. The van der Waals surface area contributed by atoms with Gasteiger partial charge < -0.3 is 5.11 Å². The Bertz CT molecular complexity index is 379. The average molecular weight is 289 g/mol. The molecule has 0 aromatic heterocycles. The zero-order valence-corrected chi connectivity index (χ0v) is 10.6. The van der Waals surface area contributed by atoms with Gasteiger partial charge in [0.2, 0.25) is 0 Å². The minimum atomic E-state index is -0.790. The number of hydrogen-bond acceptors (Lipinski definition) is 1. The van der Waals surface area contributed by atoms with E-state index in [9.17, 15) is 9.18 Å². The van der Waals surface area contributed by atoms with Crippen LogP contribution in [0.5, 0.6) is 0 Å². The summed E-state index contributed by atoms with van der Waals surface area (Å²) in [6.45, 7) is 1.95. The highest BCUT2D eigenvalue weighted by molar-refractivity contribution is 9.10. The smallest absolute Gasteiger partial charge is 0.306 e. The molecule has 1 aromatic rings. The van der Waals surface area contributed by atoms with Gasteiger partial charge in [-0.15, -0.1) is 0 Å². The first-order valence-corrected chi connectivity index (χ1v) is 6.00. The Labute approximate surface area is 103 Å². The molecule has 1 unspecified atom stereocenters. The van der Waals surface area contributed by atoms with Crippen molar-refractivity contribution in [3.63, 3.8) is 0 Å². The van der Waals surface area contributed by atoms with Crippen molar-refractivity contribution in [2.45, 2.75) is 26.2 Å². The van der Waals surface area contributed by atoms with E-state index in [2.05, 4.69) is 15.9 Å². The Morgan fingerprint density at radius 3 is 2.75 bits per heavy atom. The van der Waals surface area contributed by atoms with E-state index in [1.807, 2.05) is 6.92 Å². The van der Waals surface area contributed by atoms with E-state index in [1.165, 1.54) is 6.07 Å². The molecule has 0 aliphatic carbocycles. The van der Waals surface area contributed by atoms with Crippen molar-refractivity contribution in [3.05, 3.63) is 34.1 Å². The van der Waals surface area contributed by atoms with Crippen LogP contribution in [-0.2, 0) is 11.2 Å². The molecule has 1 N–H and O–H groups in total. The average Bonchev–Trinajstić information content (AvgIpc) is 2.22. The molecule has 0 fully saturated rings. The Hall–Kier alpha value is -0.900. The fourth-order valence-corrected chi connectivity index (χ4v) is 2.04. The predicted octanol–water partition coefficient (Wildman–Crippen LogP) is 3.63. The quantitative estimate of drug-likeness (QED) is 0.898. The molecule has 16 heavy (non-hydrogen) atoms. The largest absolute Gasteiger partial charge is 0.481 e. The Kier molecular flexibility index (Phi) is 4.93. The van der Waals surface area contributed by atoms with E-state index in [4.69, 9.17) is 5.11 Å². The minimum Gasteiger partial charge on any atom is -0.481 e. The van der Waals surface area contributed by atoms with Crippen LogP contribution < -0.4 is 0 Å². The van der Waals surface area contributed by atoms with Crippen LogP contribution in [0.25, 0.3) is 0 Å². The van der Waals surface area contributed by atoms with Crippen molar-refractivity contribution in [2.75, 3.05) is 0 Å². The van der Waals surface area contributed by atoms with Crippen molar-refractivity contribution in [2.24, 2.45) is 5.92 Å². The van der Waals surface area contributed by atoms with Crippen LogP contribution in [0.3, 0.4) is 0 Å². The molecule has 2 nitrogen and oxygen atoms in total. The highest BCUT2D eigenvalue weighted by Gasteiger charge is 2.17. The monoisotopic (exact) mass is 288 g/mol. The third kappa shape index (κ3) is 3.59. The molecule has 1 aromatic carbocycles. The molecule has 0 spiro atoms. The van der Waals surface area contributed by atoms with Gasteiger partial charge in [0.25, 0.3) is 0 Å². The van der Waals surface area contributed by atoms with Gasteiger partial charge in [0.1, 0.15) is 5.82 Å². The third-order valence-electron chi connectivity index (χ3n) is 2.45. The lowest BCUT2D eigenvalue weighted by Gasteiger charge is -2.11. The molecule has 0 heterocycles. The lowest BCUT2D eigenvalue weighted by Crippen LogP contribution is -2.16. The zero-order valence-electron chi connectivity index (χ0n) is 9.04. The van der Waals surface area contributed by atoms with E-state index < -0.39 is 5.97 Å². The van der Waals surface area contributed by atoms with Crippen molar-refractivity contribution < 1.29 is 14.3 Å². The van der Waals surface area contributed by atoms with Crippen molar-refractivity contribution in [1.82, 2.24) is 0 Å². The number of carboxylic acid groups (broad SMARTS) is 1. The van der Waals surface area contributed by atoms with E-state index in [-0.39, 0.29) is 11.7 Å². The summed E-state index contributed by atoms with van der Waals surface area (Å²) in [5.41, 5.74) is 0.842. The fraction of sp³-hybridized carbons (Fsp3) is 0.417. The summed E-state index contributed by atoms with van der Waals surface area (Å²) in [7, 11) is 0. The van der Waals surface area contributed by atoms with E-state index >= 15 is 0 Å². The van der Waals surface area contributed by atoms with Crippen LogP contribution in [0.15, 0.2) is 22.7 Å². The van der Waals surface area contributed by atoms with Gasteiger partial charge in [-0.2, -0.15) is 0 Å². The van der Waals surface area contributed by atoms with Crippen LogP contribution in [0.1, 0.15) is 25.3 Å². The maximum Gasteiger partial charge on any atom is 0.306 e. The molecular weight excluding hydrogens is 275 g/mol. The van der Waals surface area contributed by atoms with Crippen molar-refractivity contribution in [1.29, 1.82) is 0 Å². The van der Waals surface area contributed by atoms with Crippen molar-refractivity contribution >= 4 is 21.9 Å². The summed E-state index contributed by atoms with van der Waals surface area (Å²) < 4.78 is 13.4. The predicted molar refractivity (Wildman–Crippen MR) is 63.8 cm³/mol. The maximum absolute atomic E-state index is 13.0. The standard InChI is InChI=1S/C12H14BrFO2/c1-2-3-9(12(15)16)6-8-4-5-11(14)10(13)7-8/h4-5,7,9H,2-3,6H2,1H3,(H,15,16). The number of rotatable bonds is 5. The number of carboxylic acids is 1. The second-order valence-electron chi connectivity index (χ2n) is 3.78. The summed E-state index contributed by atoms with van der Waals surface area (Å²) >= 11 is 3.09. The third-order valence-corrected chi connectivity index (χ3v) is 3.06. The molecule has 0 saturated carbocycles. The highest BCUT2D eigenvalue weighted by atomic mass is 79.9.